The molecular weight excluding hydrogens is 449 g/mol. The number of ether oxygens (including phenoxy) is 1. The summed E-state index contributed by atoms with van der Waals surface area (Å²) in [5.74, 6) is 0.444. The molecule has 0 spiro atoms. The molecule has 0 N–H and O–H groups in total. The molecule has 0 aromatic heterocycles. The van der Waals surface area contributed by atoms with Crippen molar-refractivity contribution in [2.75, 3.05) is 0 Å². The maximum absolute atomic E-state index is 14.5. The Morgan fingerprint density at radius 1 is 0.971 bits per heavy atom. The van der Waals surface area contributed by atoms with Crippen LogP contribution in [-0.2, 0) is 0 Å². The Morgan fingerprint density at radius 2 is 1.71 bits per heavy atom. The lowest BCUT2D eigenvalue weighted by Gasteiger charge is -2.29. The molecule has 0 atom stereocenters. The number of carbonyl (C=O) groups excluding carboxylic acids is 1. The highest BCUT2D eigenvalue weighted by molar-refractivity contribution is 5.92. The van der Waals surface area contributed by atoms with Gasteiger partial charge in [0.2, 0.25) is 0 Å². The van der Waals surface area contributed by atoms with Gasteiger partial charge in [-0.3, -0.25) is 0 Å². The van der Waals surface area contributed by atoms with E-state index in [-0.39, 0.29) is 16.7 Å². The highest BCUT2D eigenvalue weighted by atomic mass is 19.3. The van der Waals surface area contributed by atoms with Crippen molar-refractivity contribution in [3.05, 3.63) is 83.2 Å². The van der Waals surface area contributed by atoms with Crippen LogP contribution in [0.15, 0.2) is 60.7 Å². The molecule has 0 aliphatic heterocycles. The number of rotatable bonds is 8. The molecule has 0 unspecified atom stereocenters. The molecule has 0 heterocycles. The third-order valence-electron chi connectivity index (χ3n) is 7.11. The Balaban J connectivity index is 1.37. The van der Waals surface area contributed by atoms with Gasteiger partial charge in [-0.25, -0.2) is 9.18 Å². The summed E-state index contributed by atoms with van der Waals surface area (Å²) in [5, 5.41) is 0.647. The minimum atomic E-state index is -1.96. The van der Waals surface area contributed by atoms with Gasteiger partial charge in [0.25, 0.3) is 6.08 Å². The van der Waals surface area contributed by atoms with Crippen molar-refractivity contribution in [1.29, 1.82) is 0 Å². The number of esters is 1. The van der Waals surface area contributed by atoms with Gasteiger partial charge in [0, 0.05) is 17.0 Å². The van der Waals surface area contributed by atoms with E-state index in [0.717, 1.165) is 5.92 Å². The maximum Gasteiger partial charge on any atom is 0.343 e. The Bertz CT molecular complexity index is 1190. The van der Waals surface area contributed by atoms with E-state index in [1.165, 1.54) is 87.3 Å². The first-order chi connectivity index (χ1) is 16.9. The molecule has 3 aromatic rings. The van der Waals surface area contributed by atoms with E-state index in [0.29, 0.717) is 22.9 Å². The topological polar surface area (TPSA) is 26.3 Å². The number of benzene rings is 3. The second-order valence-electron chi connectivity index (χ2n) is 9.51. The molecule has 4 rings (SSSR count). The highest BCUT2D eigenvalue weighted by Gasteiger charge is 2.22. The van der Waals surface area contributed by atoms with E-state index in [9.17, 15) is 18.0 Å². The SMILES string of the molecule is CCCCCC1CCC(c2ccc(C(=O)Oc3ccc4c(F)c(C=C(F)F)ccc4c3)cc2)CC1. The number of hydrogen-bond donors (Lipinski definition) is 0. The standard InChI is InChI=1S/C30H31F3O2/c1-2-3-4-5-20-6-8-21(9-7-20)22-10-12-23(13-11-22)30(34)35-26-16-17-27-24(18-26)14-15-25(29(27)33)19-28(31)32/h10-21H,2-9H2,1H3. The summed E-state index contributed by atoms with van der Waals surface area (Å²) in [5.41, 5.74) is 1.53. The van der Waals surface area contributed by atoms with Crippen LogP contribution in [-0.4, -0.2) is 5.97 Å². The van der Waals surface area contributed by atoms with Crippen molar-refractivity contribution in [2.45, 2.75) is 64.2 Å². The molecule has 2 nitrogen and oxygen atoms in total. The Morgan fingerprint density at radius 3 is 2.40 bits per heavy atom. The first-order valence-corrected chi connectivity index (χ1v) is 12.5. The molecule has 0 radical (unpaired) electrons. The van der Waals surface area contributed by atoms with Gasteiger partial charge in [-0.05, 0) is 78.8 Å². The van der Waals surface area contributed by atoms with Crippen LogP contribution in [0.3, 0.4) is 0 Å². The molecule has 0 amide bonds. The summed E-state index contributed by atoms with van der Waals surface area (Å²) < 4.78 is 45.0. The van der Waals surface area contributed by atoms with E-state index in [4.69, 9.17) is 4.74 Å². The largest absolute Gasteiger partial charge is 0.423 e. The van der Waals surface area contributed by atoms with Crippen LogP contribution in [0.2, 0.25) is 0 Å². The average Bonchev–Trinajstić information content (AvgIpc) is 2.86. The number of unbranched alkanes of at least 4 members (excludes halogenated alkanes) is 2. The molecule has 1 aliphatic carbocycles. The van der Waals surface area contributed by atoms with Crippen LogP contribution in [0.1, 0.15) is 85.7 Å². The molecule has 3 aromatic carbocycles. The van der Waals surface area contributed by atoms with E-state index in [1.54, 1.807) is 12.1 Å². The van der Waals surface area contributed by atoms with E-state index in [2.05, 4.69) is 6.92 Å². The van der Waals surface area contributed by atoms with Gasteiger partial charge in [-0.15, -0.1) is 0 Å². The minimum absolute atomic E-state index is 0.184. The summed E-state index contributed by atoms with van der Waals surface area (Å²) in [7, 11) is 0. The first-order valence-electron chi connectivity index (χ1n) is 12.5. The number of fused-ring (bicyclic) bond motifs is 1. The van der Waals surface area contributed by atoms with Crippen molar-refractivity contribution >= 4 is 22.8 Å². The summed E-state index contributed by atoms with van der Waals surface area (Å²) in [6.07, 6.45) is 8.77. The number of carbonyl (C=O) groups is 1. The van der Waals surface area contributed by atoms with Crippen molar-refractivity contribution < 1.29 is 22.7 Å². The summed E-state index contributed by atoms with van der Waals surface area (Å²) in [4.78, 5) is 12.7. The van der Waals surface area contributed by atoms with Crippen molar-refractivity contribution in [2.24, 2.45) is 5.92 Å². The van der Waals surface area contributed by atoms with Gasteiger partial charge in [0.15, 0.2) is 0 Å². The van der Waals surface area contributed by atoms with Crippen LogP contribution in [0.4, 0.5) is 13.2 Å². The van der Waals surface area contributed by atoms with Crippen molar-refractivity contribution in [3.63, 3.8) is 0 Å². The molecule has 35 heavy (non-hydrogen) atoms. The Kier molecular flexibility index (Phi) is 8.27. The van der Waals surface area contributed by atoms with Gasteiger partial charge in [0.05, 0.1) is 5.56 Å². The van der Waals surface area contributed by atoms with Gasteiger partial charge in [-0.1, -0.05) is 56.9 Å². The average molecular weight is 481 g/mol. The lowest BCUT2D eigenvalue weighted by molar-refractivity contribution is 0.0735. The third-order valence-corrected chi connectivity index (χ3v) is 7.11. The zero-order valence-electron chi connectivity index (χ0n) is 20.0. The minimum Gasteiger partial charge on any atom is -0.423 e. The zero-order valence-corrected chi connectivity index (χ0v) is 20.0. The Labute approximate surface area is 204 Å². The van der Waals surface area contributed by atoms with Crippen molar-refractivity contribution in [3.8, 4) is 5.75 Å². The lowest BCUT2D eigenvalue weighted by atomic mass is 9.77. The van der Waals surface area contributed by atoms with Crippen LogP contribution in [0, 0.1) is 11.7 Å². The molecular formula is C30H31F3O2. The van der Waals surface area contributed by atoms with Crippen molar-refractivity contribution in [1.82, 2.24) is 0 Å². The zero-order chi connectivity index (χ0) is 24.8. The predicted octanol–water partition coefficient (Wildman–Crippen LogP) is 9.29. The van der Waals surface area contributed by atoms with Crippen LogP contribution in [0.25, 0.3) is 16.8 Å². The van der Waals surface area contributed by atoms with Gasteiger partial charge in [0.1, 0.15) is 11.6 Å². The fourth-order valence-electron chi connectivity index (χ4n) is 5.10. The fourth-order valence-corrected chi connectivity index (χ4v) is 5.10. The van der Waals surface area contributed by atoms with Crippen LogP contribution in [0.5, 0.6) is 5.75 Å². The third kappa shape index (κ3) is 6.33. The monoisotopic (exact) mass is 480 g/mol. The molecule has 0 bridgehead atoms. The van der Waals surface area contributed by atoms with Crippen LogP contribution < -0.4 is 4.74 Å². The number of hydrogen-bond acceptors (Lipinski definition) is 2. The lowest BCUT2D eigenvalue weighted by Crippen LogP contribution is -2.14. The maximum atomic E-state index is 14.5. The molecule has 0 saturated heterocycles. The number of halogens is 3. The normalized spacial score (nSPS) is 17.8. The summed E-state index contributed by atoms with van der Waals surface area (Å²) in [6, 6.07) is 14.9. The summed E-state index contributed by atoms with van der Waals surface area (Å²) >= 11 is 0. The summed E-state index contributed by atoms with van der Waals surface area (Å²) in [6.45, 7) is 2.24. The second kappa shape index (κ2) is 11.6. The van der Waals surface area contributed by atoms with Crippen LogP contribution >= 0.6 is 0 Å². The van der Waals surface area contributed by atoms with E-state index in [1.807, 2.05) is 12.1 Å². The molecule has 1 fully saturated rings. The van der Waals surface area contributed by atoms with Gasteiger partial charge in [-0.2, -0.15) is 8.78 Å². The Hall–Kier alpha value is -3.08. The van der Waals surface area contributed by atoms with E-state index >= 15 is 0 Å². The highest BCUT2D eigenvalue weighted by Crippen LogP contribution is 2.38. The molecule has 1 aliphatic rings. The smallest absolute Gasteiger partial charge is 0.343 e. The van der Waals surface area contributed by atoms with Gasteiger partial charge < -0.3 is 4.74 Å². The second-order valence-corrected chi connectivity index (χ2v) is 9.51. The molecule has 1 saturated carbocycles. The van der Waals surface area contributed by atoms with Gasteiger partial charge >= 0.3 is 5.97 Å². The fraction of sp³-hybridized carbons (Fsp3) is 0.367. The van der Waals surface area contributed by atoms with E-state index < -0.39 is 17.9 Å². The quantitative estimate of drug-likeness (QED) is 0.182. The first kappa shape index (κ1) is 25.0. The molecule has 5 heteroatoms. The predicted molar refractivity (Wildman–Crippen MR) is 134 cm³/mol. The molecule has 184 valence electrons.